The zero-order chi connectivity index (χ0) is 19.7. The minimum Gasteiger partial charge on any atom is -0.394 e. The van der Waals surface area contributed by atoms with Crippen LogP contribution in [0.15, 0.2) is 12.2 Å². The zero-order valence-corrected chi connectivity index (χ0v) is 16.5. The number of rotatable bonds is 14. The number of hydrogen-bond donors (Lipinski definition) is 3. The van der Waals surface area contributed by atoms with Crippen LogP contribution in [0, 0.1) is 0 Å². The van der Waals surface area contributed by atoms with E-state index >= 15 is 0 Å². The molecule has 5 atom stereocenters. The molecule has 2 fully saturated rings. The number of ether oxygens (including phenoxy) is 2. The van der Waals surface area contributed by atoms with Crippen LogP contribution in [0.25, 0.3) is 0 Å². The lowest BCUT2D eigenvalue weighted by Crippen LogP contribution is -2.53. The van der Waals surface area contributed by atoms with Crippen molar-refractivity contribution in [2.45, 2.75) is 108 Å². The van der Waals surface area contributed by atoms with Crippen LogP contribution < -0.4 is 0 Å². The smallest absolute Gasteiger partial charge is 0.205 e. The number of aliphatic hydroxyl groups excluding tert-OH is 3. The Bertz CT molecular complexity index is 479. The highest BCUT2D eigenvalue weighted by atomic mass is 16.8. The van der Waals surface area contributed by atoms with Gasteiger partial charge in [0.1, 0.15) is 30.2 Å². The van der Waals surface area contributed by atoms with Crippen molar-refractivity contribution in [3.05, 3.63) is 12.2 Å². The van der Waals surface area contributed by atoms with Crippen LogP contribution in [0.1, 0.15) is 77.6 Å². The monoisotopic (exact) mass is 384 g/mol. The second kappa shape index (κ2) is 11.3. The molecule has 0 saturated carbocycles. The summed E-state index contributed by atoms with van der Waals surface area (Å²) >= 11 is 0. The van der Waals surface area contributed by atoms with Gasteiger partial charge in [0.05, 0.1) is 13.0 Å². The molecule has 2 aliphatic heterocycles. The number of allylic oxidation sites excluding steroid dienone is 2. The summed E-state index contributed by atoms with van der Waals surface area (Å²) in [5.41, 5.74) is 0. The first-order valence-corrected chi connectivity index (χ1v) is 10.5. The second-order valence-corrected chi connectivity index (χ2v) is 7.82. The molecule has 0 bridgehead atoms. The minimum absolute atomic E-state index is 0.0278. The van der Waals surface area contributed by atoms with Gasteiger partial charge in [-0.25, -0.2) is 0 Å². The first-order chi connectivity index (χ1) is 13.0. The Kier molecular flexibility index (Phi) is 9.39. The van der Waals surface area contributed by atoms with Gasteiger partial charge >= 0.3 is 0 Å². The van der Waals surface area contributed by atoms with E-state index in [4.69, 9.17) is 9.47 Å². The molecule has 156 valence electrons. The van der Waals surface area contributed by atoms with Gasteiger partial charge in [-0.2, -0.15) is 0 Å². The van der Waals surface area contributed by atoms with E-state index in [1.165, 1.54) is 44.9 Å². The Morgan fingerprint density at radius 3 is 2.30 bits per heavy atom. The summed E-state index contributed by atoms with van der Waals surface area (Å²) in [6, 6.07) is 0. The molecule has 6 heteroatoms. The fourth-order valence-electron chi connectivity index (χ4n) is 3.74. The average molecular weight is 385 g/mol. The van der Waals surface area contributed by atoms with Gasteiger partial charge in [0.2, 0.25) is 5.79 Å². The van der Waals surface area contributed by atoms with Crippen molar-refractivity contribution in [2.75, 3.05) is 6.61 Å². The first-order valence-electron chi connectivity index (χ1n) is 10.5. The van der Waals surface area contributed by atoms with E-state index in [0.717, 1.165) is 12.8 Å². The lowest BCUT2D eigenvalue weighted by atomic mass is 9.95. The minimum atomic E-state index is -1.20. The quantitative estimate of drug-likeness (QED) is 0.242. The van der Waals surface area contributed by atoms with Gasteiger partial charge in [-0.1, -0.05) is 64.0 Å². The van der Waals surface area contributed by atoms with E-state index in [0.29, 0.717) is 6.42 Å². The van der Waals surface area contributed by atoms with Crippen molar-refractivity contribution >= 4 is 5.78 Å². The van der Waals surface area contributed by atoms with E-state index in [-0.39, 0.29) is 12.2 Å². The maximum absolute atomic E-state index is 12.2. The molecule has 6 nitrogen and oxygen atoms in total. The molecule has 2 aliphatic rings. The summed E-state index contributed by atoms with van der Waals surface area (Å²) in [6.45, 7) is 1.80. The van der Waals surface area contributed by atoms with Crippen molar-refractivity contribution < 1.29 is 29.6 Å². The molecule has 2 rings (SSSR count). The van der Waals surface area contributed by atoms with Crippen molar-refractivity contribution in [1.82, 2.24) is 0 Å². The Morgan fingerprint density at radius 1 is 0.963 bits per heavy atom. The molecule has 3 N–H and O–H groups in total. The van der Waals surface area contributed by atoms with Gasteiger partial charge in [-0.05, 0) is 12.8 Å². The lowest BCUT2D eigenvalue weighted by molar-refractivity contribution is -0.187. The van der Waals surface area contributed by atoms with E-state index in [9.17, 15) is 20.1 Å². The van der Waals surface area contributed by atoms with Crippen molar-refractivity contribution in [3.63, 3.8) is 0 Å². The van der Waals surface area contributed by atoms with Gasteiger partial charge < -0.3 is 24.8 Å². The van der Waals surface area contributed by atoms with Crippen molar-refractivity contribution in [3.8, 4) is 0 Å². The Morgan fingerprint density at radius 2 is 1.63 bits per heavy atom. The molecular weight excluding hydrogens is 348 g/mol. The number of unbranched alkanes of at least 4 members (excludes halogenated alkanes) is 8. The standard InChI is InChI=1S/C21H36O6/c1-2-3-4-5-6-7-8-9-10-11-12-13-16(23)14-21-20(27-21)19(25)18(24)17(15-22)26-21/h11-12,17-20,22,24-25H,2-10,13-15H2,1H3/b12-11+/t17?,18-,19+,20?,21?/m1/s1. The number of hydrogen-bond acceptors (Lipinski definition) is 6. The van der Waals surface area contributed by atoms with Crippen LogP contribution in [-0.2, 0) is 14.3 Å². The van der Waals surface area contributed by atoms with Crippen molar-refractivity contribution in [1.29, 1.82) is 0 Å². The highest BCUT2D eigenvalue weighted by molar-refractivity contribution is 5.81. The molecule has 0 aromatic heterocycles. The van der Waals surface area contributed by atoms with Gasteiger partial charge in [-0.15, -0.1) is 0 Å². The number of epoxide rings is 1. The average Bonchev–Trinajstić information content (AvgIpc) is 3.37. The predicted molar refractivity (Wildman–Crippen MR) is 102 cm³/mol. The van der Waals surface area contributed by atoms with E-state index < -0.39 is 36.8 Å². The molecule has 3 unspecified atom stereocenters. The highest BCUT2D eigenvalue weighted by Crippen LogP contribution is 2.49. The first kappa shape index (κ1) is 22.5. The van der Waals surface area contributed by atoms with E-state index in [1.54, 1.807) is 0 Å². The fourth-order valence-corrected chi connectivity index (χ4v) is 3.74. The van der Waals surface area contributed by atoms with E-state index in [2.05, 4.69) is 13.0 Å². The molecule has 0 aromatic rings. The maximum Gasteiger partial charge on any atom is 0.205 e. The van der Waals surface area contributed by atoms with E-state index in [1.807, 2.05) is 6.08 Å². The molecule has 0 amide bonds. The van der Waals surface area contributed by atoms with Gasteiger partial charge in [0, 0.05) is 6.42 Å². The third kappa shape index (κ3) is 6.64. The summed E-state index contributed by atoms with van der Waals surface area (Å²) in [5, 5.41) is 29.0. The van der Waals surface area contributed by atoms with Crippen LogP contribution in [0.4, 0.5) is 0 Å². The molecule has 27 heavy (non-hydrogen) atoms. The lowest BCUT2D eigenvalue weighted by Gasteiger charge is -2.32. The number of carbonyl (C=O) groups excluding carboxylic acids is 1. The number of Topliss-reactive ketones (excluding diaryl/α,β-unsaturated/α-hetero) is 1. The molecule has 0 radical (unpaired) electrons. The summed E-state index contributed by atoms with van der Waals surface area (Å²) in [6.07, 6.45) is 11.6. The summed E-state index contributed by atoms with van der Waals surface area (Å²) in [7, 11) is 0. The summed E-state index contributed by atoms with van der Waals surface area (Å²) in [5.74, 6) is -1.21. The highest BCUT2D eigenvalue weighted by Gasteiger charge is 2.68. The van der Waals surface area contributed by atoms with Crippen LogP contribution >= 0.6 is 0 Å². The molecule has 0 spiro atoms. The van der Waals surface area contributed by atoms with Gasteiger partial charge in [0.15, 0.2) is 0 Å². The van der Waals surface area contributed by atoms with Gasteiger partial charge in [-0.3, -0.25) is 4.79 Å². The van der Waals surface area contributed by atoms with Crippen LogP contribution in [0.3, 0.4) is 0 Å². The van der Waals surface area contributed by atoms with Gasteiger partial charge in [0.25, 0.3) is 0 Å². The SMILES string of the molecule is CCCCCCCCCC/C=C/CC(=O)CC12OC(CO)[C@@H](O)[C@H](O)C1O2. The Balaban J connectivity index is 1.56. The number of fused-ring (bicyclic) bond motifs is 1. The molecule has 0 aliphatic carbocycles. The summed E-state index contributed by atoms with van der Waals surface area (Å²) < 4.78 is 10.9. The Labute approximate surface area is 162 Å². The van der Waals surface area contributed by atoms with Crippen LogP contribution in [-0.4, -0.2) is 57.9 Å². The molecule has 0 aromatic carbocycles. The second-order valence-electron chi connectivity index (χ2n) is 7.82. The third-order valence-electron chi connectivity index (χ3n) is 5.45. The summed E-state index contributed by atoms with van der Waals surface area (Å²) in [4.78, 5) is 12.2. The third-order valence-corrected chi connectivity index (χ3v) is 5.45. The fraction of sp³-hybridized carbons (Fsp3) is 0.857. The molecule has 2 heterocycles. The Hall–Kier alpha value is -0.790. The largest absolute Gasteiger partial charge is 0.394 e. The number of aliphatic hydroxyl groups is 3. The molecular formula is C21H36O6. The van der Waals surface area contributed by atoms with Crippen molar-refractivity contribution in [2.24, 2.45) is 0 Å². The zero-order valence-electron chi connectivity index (χ0n) is 16.5. The normalized spacial score (nSPS) is 32.6. The molecule has 2 saturated heterocycles. The predicted octanol–water partition coefficient (Wildman–Crippen LogP) is 2.63. The number of ketones is 1. The topological polar surface area (TPSA) is 99.5 Å². The van der Waals surface area contributed by atoms with Crippen LogP contribution in [0.5, 0.6) is 0 Å². The van der Waals surface area contributed by atoms with Crippen LogP contribution in [0.2, 0.25) is 0 Å². The maximum atomic E-state index is 12.2. The number of carbonyl (C=O) groups is 1.